The van der Waals surface area contributed by atoms with Crippen molar-refractivity contribution in [2.45, 2.75) is 63.9 Å². The van der Waals surface area contributed by atoms with E-state index < -0.39 is 23.3 Å². The van der Waals surface area contributed by atoms with Crippen molar-refractivity contribution >= 4 is 0 Å². The van der Waals surface area contributed by atoms with E-state index in [1.165, 1.54) is 0 Å². The molecule has 5 heteroatoms. The van der Waals surface area contributed by atoms with Crippen LogP contribution in [0.4, 0.5) is 17.6 Å². The number of hydrogen-bond donors (Lipinski definition) is 0. The van der Waals surface area contributed by atoms with E-state index in [1.54, 1.807) is 54.6 Å². The number of aryl methyl sites for hydroxylation is 1. The van der Waals surface area contributed by atoms with Crippen LogP contribution in [-0.2, 0) is 11.2 Å². The van der Waals surface area contributed by atoms with Gasteiger partial charge in [-0.25, -0.2) is 17.6 Å². The number of rotatable bonds is 9. The van der Waals surface area contributed by atoms with Crippen molar-refractivity contribution in [1.29, 1.82) is 0 Å². The number of halogens is 4. The number of ether oxygens (including phenoxy) is 1. The summed E-state index contributed by atoms with van der Waals surface area (Å²) in [5.74, 6) is -3.46. The van der Waals surface area contributed by atoms with Crippen molar-refractivity contribution in [1.82, 2.24) is 0 Å². The van der Waals surface area contributed by atoms with Gasteiger partial charge in [0.2, 0.25) is 0 Å². The second-order valence-corrected chi connectivity index (χ2v) is 9.51. The van der Waals surface area contributed by atoms with Crippen LogP contribution in [0.25, 0.3) is 22.3 Å². The molecule has 0 aliphatic heterocycles. The molecule has 1 fully saturated rings. The molecule has 0 heterocycles. The van der Waals surface area contributed by atoms with E-state index in [0.717, 1.165) is 38.5 Å². The van der Waals surface area contributed by atoms with Crippen LogP contribution < -0.4 is 0 Å². The van der Waals surface area contributed by atoms with E-state index in [-0.39, 0.29) is 23.1 Å². The van der Waals surface area contributed by atoms with Crippen LogP contribution in [0.15, 0.2) is 61.2 Å². The summed E-state index contributed by atoms with van der Waals surface area (Å²) in [4.78, 5) is 0. The van der Waals surface area contributed by atoms with Crippen molar-refractivity contribution in [3.05, 3.63) is 95.6 Å². The first-order valence-corrected chi connectivity index (χ1v) is 12.7. The van der Waals surface area contributed by atoms with Gasteiger partial charge in [-0.3, -0.25) is 0 Å². The predicted molar refractivity (Wildman–Crippen MR) is 137 cm³/mol. The molecule has 190 valence electrons. The highest BCUT2D eigenvalue weighted by molar-refractivity contribution is 5.71. The van der Waals surface area contributed by atoms with Crippen LogP contribution in [0.1, 0.15) is 62.5 Å². The van der Waals surface area contributed by atoms with Gasteiger partial charge < -0.3 is 4.74 Å². The minimum absolute atomic E-state index is 0.0438. The Morgan fingerprint density at radius 3 is 1.94 bits per heavy atom. The second kappa shape index (κ2) is 11.9. The zero-order valence-electron chi connectivity index (χ0n) is 20.6. The third kappa shape index (κ3) is 5.57. The van der Waals surface area contributed by atoms with Crippen LogP contribution in [0, 0.1) is 23.3 Å². The summed E-state index contributed by atoms with van der Waals surface area (Å²) in [6.07, 6.45) is 7.12. The van der Waals surface area contributed by atoms with Crippen molar-refractivity contribution in [3.8, 4) is 22.3 Å². The number of unbranched alkanes of at least 4 members (excludes halogenated alkanes) is 1. The van der Waals surface area contributed by atoms with Crippen LogP contribution in [0.2, 0.25) is 0 Å². The molecule has 0 radical (unpaired) electrons. The Morgan fingerprint density at radius 1 is 0.778 bits per heavy atom. The standard InChI is InChI=1S/C31H32F4O/c1-3-5-6-23-13-16-25(29(33)28(23)32)20-7-9-21(10-8-20)26-17-18-27(31(35)30(26)34)22-11-14-24(15-12-22)36-19-4-2/h4,7-10,13,16-18,22,24H,2-3,5-6,11-12,14-15,19H2,1H3. The Kier molecular flexibility index (Phi) is 8.63. The van der Waals surface area contributed by atoms with Crippen molar-refractivity contribution < 1.29 is 22.3 Å². The SMILES string of the molecule is C=CCOC1CCC(c2ccc(-c3ccc(-c4ccc(CCCC)c(F)c4F)cc3)c(F)c2F)CC1. The van der Waals surface area contributed by atoms with Crippen LogP contribution >= 0.6 is 0 Å². The summed E-state index contributed by atoms with van der Waals surface area (Å²) < 4.78 is 65.1. The van der Waals surface area contributed by atoms with Crippen LogP contribution in [-0.4, -0.2) is 12.7 Å². The Bertz CT molecular complexity index is 1190. The van der Waals surface area contributed by atoms with Gasteiger partial charge in [-0.2, -0.15) is 0 Å². The minimum Gasteiger partial charge on any atom is -0.374 e. The van der Waals surface area contributed by atoms with Gasteiger partial charge in [0, 0.05) is 11.1 Å². The topological polar surface area (TPSA) is 9.23 Å². The molecule has 0 spiro atoms. The van der Waals surface area contributed by atoms with Gasteiger partial charge in [-0.05, 0) is 66.7 Å². The third-order valence-electron chi connectivity index (χ3n) is 7.14. The van der Waals surface area contributed by atoms with E-state index in [4.69, 9.17) is 4.74 Å². The van der Waals surface area contributed by atoms with Crippen LogP contribution in [0.5, 0.6) is 0 Å². The normalized spacial score (nSPS) is 17.8. The van der Waals surface area contributed by atoms with Gasteiger partial charge >= 0.3 is 0 Å². The number of benzene rings is 3. The lowest BCUT2D eigenvalue weighted by atomic mass is 9.82. The maximum Gasteiger partial charge on any atom is 0.166 e. The highest BCUT2D eigenvalue weighted by Gasteiger charge is 2.27. The molecule has 4 rings (SSSR count). The van der Waals surface area contributed by atoms with Gasteiger partial charge in [-0.1, -0.05) is 68.0 Å². The van der Waals surface area contributed by atoms with Crippen molar-refractivity contribution in [3.63, 3.8) is 0 Å². The molecule has 0 N–H and O–H groups in total. The molecule has 0 bridgehead atoms. The quantitative estimate of drug-likeness (QED) is 0.212. The molecule has 3 aromatic carbocycles. The Balaban J connectivity index is 1.52. The van der Waals surface area contributed by atoms with Gasteiger partial charge in [0.25, 0.3) is 0 Å². The Labute approximate surface area is 210 Å². The lowest BCUT2D eigenvalue weighted by Crippen LogP contribution is -2.21. The number of hydrogen-bond acceptors (Lipinski definition) is 1. The fraction of sp³-hybridized carbons (Fsp3) is 0.355. The molecule has 0 atom stereocenters. The highest BCUT2D eigenvalue weighted by atomic mass is 19.2. The molecule has 1 nitrogen and oxygen atoms in total. The first-order valence-electron chi connectivity index (χ1n) is 12.7. The fourth-order valence-corrected chi connectivity index (χ4v) is 5.05. The zero-order valence-corrected chi connectivity index (χ0v) is 20.6. The molecule has 0 saturated heterocycles. The largest absolute Gasteiger partial charge is 0.374 e. The average Bonchev–Trinajstić information content (AvgIpc) is 2.90. The van der Waals surface area contributed by atoms with Gasteiger partial charge in [0.05, 0.1) is 12.7 Å². The minimum atomic E-state index is -0.887. The van der Waals surface area contributed by atoms with Gasteiger partial charge in [0.15, 0.2) is 23.3 Å². The van der Waals surface area contributed by atoms with E-state index in [0.29, 0.717) is 35.3 Å². The molecular formula is C31H32F4O. The first kappa shape index (κ1) is 26.2. The molecule has 36 heavy (non-hydrogen) atoms. The smallest absolute Gasteiger partial charge is 0.166 e. The summed E-state index contributed by atoms with van der Waals surface area (Å²) in [7, 11) is 0. The average molecular weight is 497 g/mol. The summed E-state index contributed by atoms with van der Waals surface area (Å²) in [5, 5.41) is 0. The van der Waals surface area contributed by atoms with E-state index in [9.17, 15) is 8.78 Å². The molecule has 0 aromatic heterocycles. The highest BCUT2D eigenvalue weighted by Crippen LogP contribution is 2.38. The first-order chi connectivity index (χ1) is 17.4. The maximum absolute atomic E-state index is 15.1. The van der Waals surface area contributed by atoms with Crippen molar-refractivity contribution in [2.24, 2.45) is 0 Å². The lowest BCUT2D eigenvalue weighted by molar-refractivity contribution is 0.0420. The third-order valence-corrected chi connectivity index (χ3v) is 7.14. The second-order valence-electron chi connectivity index (χ2n) is 9.51. The Morgan fingerprint density at radius 2 is 1.36 bits per heavy atom. The summed E-state index contributed by atoms with van der Waals surface area (Å²) in [6.45, 7) is 6.15. The maximum atomic E-state index is 15.1. The van der Waals surface area contributed by atoms with Gasteiger partial charge in [0.1, 0.15) is 0 Å². The van der Waals surface area contributed by atoms with E-state index in [2.05, 4.69) is 6.58 Å². The molecule has 1 saturated carbocycles. The van der Waals surface area contributed by atoms with E-state index >= 15 is 8.78 Å². The zero-order chi connectivity index (χ0) is 25.7. The molecular weight excluding hydrogens is 464 g/mol. The van der Waals surface area contributed by atoms with E-state index in [1.807, 2.05) is 6.92 Å². The molecule has 0 amide bonds. The van der Waals surface area contributed by atoms with Gasteiger partial charge in [-0.15, -0.1) is 6.58 Å². The fourth-order valence-electron chi connectivity index (χ4n) is 5.05. The summed E-state index contributed by atoms with van der Waals surface area (Å²) >= 11 is 0. The summed E-state index contributed by atoms with van der Waals surface area (Å²) in [5.41, 5.74) is 2.01. The van der Waals surface area contributed by atoms with Crippen LogP contribution in [0.3, 0.4) is 0 Å². The van der Waals surface area contributed by atoms with Crippen molar-refractivity contribution in [2.75, 3.05) is 6.61 Å². The molecule has 3 aromatic rings. The molecule has 1 aliphatic rings. The molecule has 0 unspecified atom stereocenters. The lowest BCUT2D eigenvalue weighted by Gasteiger charge is -2.29. The monoisotopic (exact) mass is 496 g/mol. The molecule has 1 aliphatic carbocycles. The summed E-state index contributed by atoms with van der Waals surface area (Å²) in [6, 6.07) is 12.9. The Hall–Kier alpha value is -2.92. The predicted octanol–water partition coefficient (Wildman–Crippen LogP) is 9.15.